The number of fused-ring (bicyclic) bond motifs is 1. The number of hydrogen-bond acceptors (Lipinski definition) is 8. The molecule has 1 saturated heterocycles. The lowest BCUT2D eigenvalue weighted by atomic mass is 10.0. The lowest BCUT2D eigenvalue weighted by molar-refractivity contribution is -0.137. The predicted octanol–water partition coefficient (Wildman–Crippen LogP) is 2.96. The quantitative estimate of drug-likeness (QED) is 0.189. The summed E-state index contributed by atoms with van der Waals surface area (Å²) in [6.45, 7) is 6.09. The number of amides is 5. The topological polar surface area (TPSA) is 192 Å². The number of carbonyl (C=O) groups excluding carboxylic acids is 4. The molecule has 2 heterocycles. The van der Waals surface area contributed by atoms with Crippen molar-refractivity contribution in [1.29, 1.82) is 0 Å². The molecule has 14 nitrogen and oxygen atoms in total. The summed E-state index contributed by atoms with van der Waals surface area (Å²) in [5.74, 6) is -1.91. The Kier molecular flexibility index (Phi) is 12.2. The van der Waals surface area contributed by atoms with Crippen molar-refractivity contribution in [2.45, 2.75) is 122 Å². The van der Waals surface area contributed by atoms with Gasteiger partial charge in [-0.1, -0.05) is 37.3 Å². The van der Waals surface area contributed by atoms with Crippen LogP contribution in [0, 0.1) is 0 Å². The van der Waals surface area contributed by atoms with E-state index >= 15 is 0 Å². The number of rotatable bonds is 16. The number of benzene rings is 1. The van der Waals surface area contributed by atoms with Gasteiger partial charge in [-0.05, 0) is 81.9 Å². The van der Waals surface area contributed by atoms with Gasteiger partial charge >= 0.3 is 16.4 Å². The van der Waals surface area contributed by atoms with Crippen LogP contribution in [0.15, 0.2) is 24.3 Å². The van der Waals surface area contributed by atoms with Gasteiger partial charge in [0.25, 0.3) is 5.91 Å². The van der Waals surface area contributed by atoms with E-state index in [0.29, 0.717) is 51.7 Å². The van der Waals surface area contributed by atoms with Crippen molar-refractivity contribution in [3.05, 3.63) is 41.0 Å². The Labute approximate surface area is 281 Å². The summed E-state index contributed by atoms with van der Waals surface area (Å²) in [5, 5.41) is 14.6. The molecule has 264 valence electrons. The molecule has 5 amide bonds. The van der Waals surface area contributed by atoms with Crippen molar-refractivity contribution in [3.8, 4) is 0 Å². The summed E-state index contributed by atoms with van der Waals surface area (Å²) in [6.07, 6.45) is 7.98. The van der Waals surface area contributed by atoms with Gasteiger partial charge in [0.2, 0.25) is 17.7 Å². The maximum atomic E-state index is 13.2. The zero-order valence-corrected chi connectivity index (χ0v) is 28.6. The van der Waals surface area contributed by atoms with E-state index in [1.54, 1.807) is 25.7 Å². The Balaban J connectivity index is 1.16. The Hall–Kier alpha value is -3.98. The molecule has 4 rings (SSSR count). The minimum Gasteiger partial charge on any atom is -0.465 e. The zero-order valence-electron chi connectivity index (χ0n) is 27.8. The van der Waals surface area contributed by atoms with E-state index in [-0.39, 0.29) is 31.1 Å². The molecule has 48 heavy (non-hydrogen) atoms. The minimum absolute atomic E-state index is 0.0609. The molecule has 1 aromatic rings. The summed E-state index contributed by atoms with van der Waals surface area (Å²) in [7, 11) is -4.31. The second-order valence-corrected chi connectivity index (χ2v) is 14.4. The van der Waals surface area contributed by atoms with E-state index in [0.717, 1.165) is 29.5 Å². The van der Waals surface area contributed by atoms with Crippen LogP contribution >= 0.6 is 0 Å². The van der Waals surface area contributed by atoms with Gasteiger partial charge < -0.3 is 20.6 Å². The van der Waals surface area contributed by atoms with E-state index in [4.69, 9.17) is 4.18 Å². The van der Waals surface area contributed by atoms with E-state index < -0.39 is 51.9 Å². The monoisotopic (exact) mass is 689 g/mol. The van der Waals surface area contributed by atoms with Gasteiger partial charge in [0.05, 0.1) is 12.1 Å². The summed E-state index contributed by atoms with van der Waals surface area (Å²) in [5.41, 5.74) is 2.22. The molecule has 0 bridgehead atoms. The molecule has 0 radical (unpaired) electrons. The van der Waals surface area contributed by atoms with Crippen molar-refractivity contribution in [3.63, 3.8) is 0 Å². The van der Waals surface area contributed by atoms with Gasteiger partial charge in [-0.25, -0.2) is 13.7 Å². The Bertz CT molecular complexity index is 1520. The van der Waals surface area contributed by atoms with Gasteiger partial charge in [0, 0.05) is 32.0 Å². The maximum absolute atomic E-state index is 13.2. The average molecular weight is 690 g/mol. The highest BCUT2D eigenvalue weighted by molar-refractivity contribution is 7.85. The van der Waals surface area contributed by atoms with Crippen LogP contribution < -0.4 is 15.4 Å². The first-order valence-corrected chi connectivity index (χ1v) is 18.0. The van der Waals surface area contributed by atoms with Crippen molar-refractivity contribution >= 4 is 46.1 Å². The number of allylic oxidation sites excluding steroid dienone is 1. The molecule has 1 aliphatic carbocycles. The lowest BCUT2D eigenvalue weighted by Crippen LogP contribution is -2.51. The van der Waals surface area contributed by atoms with Crippen LogP contribution in [0.25, 0.3) is 6.08 Å². The Morgan fingerprint density at radius 3 is 2.54 bits per heavy atom. The molecule has 4 N–H and O–H groups in total. The normalized spacial score (nSPS) is 19.4. The van der Waals surface area contributed by atoms with E-state index in [1.807, 2.05) is 35.1 Å². The molecule has 2 fully saturated rings. The van der Waals surface area contributed by atoms with Crippen LogP contribution in [-0.2, 0) is 46.8 Å². The standard InChI is InChI=1S/C33H47N5O9S/c1-4-27(30(41)36-48(45,46)47-33(3)16-17-33)35-29(40)19-25-14-10-18-38(25)31(42)22(2)34-28(39)15-8-6-5-7-11-23-12-9-13-24-20-37(32(43)44)21-26(23)24/h7,9,11-13,22,25,27H,4-6,8,10,14-21H2,1-3H3,(H,34,39)(H,35,40)(H,36,41)(H,43,44). The Morgan fingerprint density at radius 1 is 1.10 bits per heavy atom. The average Bonchev–Trinajstić information content (AvgIpc) is 3.37. The summed E-state index contributed by atoms with van der Waals surface area (Å²) >= 11 is 0. The number of carboxylic acid groups (broad SMARTS) is 1. The van der Waals surface area contributed by atoms with E-state index in [1.165, 1.54) is 4.90 Å². The van der Waals surface area contributed by atoms with Crippen molar-refractivity contribution in [1.82, 2.24) is 25.2 Å². The molecule has 3 aliphatic rings. The molecule has 3 atom stereocenters. The minimum atomic E-state index is -4.31. The number of likely N-dealkylation sites (tertiary alicyclic amines) is 1. The molecule has 1 aromatic carbocycles. The predicted molar refractivity (Wildman–Crippen MR) is 176 cm³/mol. The van der Waals surface area contributed by atoms with Crippen molar-refractivity contribution in [2.24, 2.45) is 0 Å². The molecular formula is C33H47N5O9S. The highest BCUT2D eigenvalue weighted by Gasteiger charge is 2.44. The first-order chi connectivity index (χ1) is 22.7. The zero-order chi connectivity index (χ0) is 35.1. The molecule has 3 unspecified atom stereocenters. The molecular weight excluding hydrogens is 642 g/mol. The highest BCUT2D eigenvalue weighted by atomic mass is 32.2. The van der Waals surface area contributed by atoms with Gasteiger partial charge in [0.1, 0.15) is 12.1 Å². The van der Waals surface area contributed by atoms with Crippen LogP contribution in [0.2, 0.25) is 0 Å². The highest BCUT2D eigenvalue weighted by Crippen LogP contribution is 2.39. The Morgan fingerprint density at radius 2 is 1.85 bits per heavy atom. The number of carbonyl (C=O) groups is 5. The third-order valence-electron chi connectivity index (χ3n) is 8.99. The molecule has 15 heteroatoms. The number of hydrogen-bond donors (Lipinski definition) is 4. The summed E-state index contributed by atoms with van der Waals surface area (Å²) < 4.78 is 31.3. The van der Waals surface area contributed by atoms with Gasteiger partial charge in [0.15, 0.2) is 0 Å². The van der Waals surface area contributed by atoms with Gasteiger partial charge in [-0.2, -0.15) is 8.42 Å². The van der Waals surface area contributed by atoms with Crippen LogP contribution in [-0.4, -0.2) is 83.3 Å². The molecule has 0 aromatic heterocycles. The van der Waals surface area contributed by atoms with Crippen molar-refractivity contribution in [2.75, 3.05) is 6.54 Å². The van der Waals surface area contributed by atoms with Crippen LogP contribution in [0.1, 0.15) is 102 Å². The van der Waals surface area contributed by atoms with Crippen LogP contribution in [0.3, 0.4) is 0 Å². The third-order valence-corrected chi connectivity index (χ3v) is 10.1. The molecule has 1 saturated carbocycles. The van der Waals surface area contributed by atoms with E-state index in [9.17, 15) is 37.5 Å². The summed E-state index contributed by atoms with van der Waals surface area (Å²) in [6, 6.07) is 3.54. The SMILES string of the molecule is CCC(NC(=O)CC1CCCN1C(=O)C(C)NC(=O)CCCCC=Cc1cccc2c1CN(C(=O)O)C2)C(=O)NS(=O)(=O)OC1(C)CC1. The second-order valence-electron chi connectivity index (χ2n) is 13.1. The number of unbranched alkanes of at least 4 members (excludes halogenated alkanes) is 2. The van der Waals surface area contributed by atoms with Gasteiger partial charge in [-0.3, -0.25) is 24.1 Å². The fourth-order valence-corrected chi connectivity index (χ4v) is 7.15. The van der Waals surface area contributed by atoms with Crippen LogP contribution in [0.4, 0.5) is 4.79 Å². The third kappa shape index (κ3) is 10.3. The largest absolute Gasteiger partial charge is 0.465 e. The fraction of sp³-hybridized carbons (Fsp3) is 0.606. The lowest BCUT2D eigenvalue weighted by Gasteiger charge is -2.28. The maximum Gasteiger partial charge on any atom is 0.407 e. The van der Waals surface area contributed by atoms with Crippen LogP contribution in [0.5, 0.6) is 0 Å². The van der Waals surface area contributed by atoms with Gasteiger partial charge in [-0.15, -0.1) is 0 Å². The number of nitrogens with zero attached hydrogens (tertiary/aromatic N) is 2. The summed E-state index contributed by atoms with van der Waals surface area (Å²) in [4.78, 5) is 65.5. The smallest absolute Gasteiger partial charge is 0.407 e. The van der Waals surface area contributed by atoms with E-state index in [2.05, 4.69) is 10.6 Å². The first kappa shape index (κ1) is 36.8. The first-order valence-electron chi connectivity index (χ1n) is 16.6. The number of nitrogens with one attached hydrogen (secondary N) is 3. The second kappa shape index (κ2) is 15.9. The fourth-order valence-electron chi connectivity index (χ4n) is 6.02. The molecule has 0 spiro atoms. The van der Waals surface area contributed by atoms with Crippen molar-refractivity contribution < 1.29 is 41.7 Å². The molecule has 2 aliphatic heterocycles.